The summed E-state index contributed by atoms with van der Waals surface area (Å²) >= 11 is 0. The fraction of sp³-hybridized carbons (Fsp3) is 0.333. The summed E-state index contributed by atoms with van der Waals surface area (Å²) in [6, 6.07) is 0.616. The van der Waals surface area contributed by atoms with Crippen molar-refractivity contribution in [3.63, 3.8) is 0 Å². The van der Waals surface area contributed by atoms with Crippen molar-refractivity contribution in [3.05, 3.63) is 35.1 Å². The van der Waals surface area contributed by atoms with E-state index in [1.807, 2.05) is 0 Å². The van der Waals surface area contributed by atoms with Crippen molar-refractivity contribution in [1.82, 2.24) is 0 Å². The topological polar surface area (TPSA) is 46.2 Å². The van der Waals surface area contributed by atoms with Crippen LogP contribution in [-0.2, 0) is 0 Å². The summed E-state index contributed by atoms with van der Waals surface area (Å²) in [4.78, 5) is 0. The van der Waals surface area contributed by atoms with Crippen LogP contribution in [0.5, 0.6) is 0 Å². The van der Waals surface area contributed by atoms with E-state index < -0.39 is 29.6 Å². The molecule has 6 heteroatoms. The van der Waals surface area contributed by atoms with E-state index in [-0.39, 0.29) is 18.0 Å². The minimum Gasteiger partial charge on any atom is -0.391 e. The van der Waals surface area contributed by atoms with E-state index in [4.69, 9.17) is 10.8 Å². The molecule has 86 valence electrons. The molecule has 0 aliphatic heterocycles. The molecule has 3 N–H and O–H groups in total. The number of aliphatic hydroxyl groups excluding tert-OH is 1. The first-order valence-corrected chi connectivity index (χ1v) is 4.01. The Bertz CT molecular complexity index is 323. The molecule has 0 aromatic heterocycles. The maximum absolute atomic E-state index is 12.7. The van der Waals surface area contributed by atoms with Gasteiger partial charge in [-0.25, -0.2) is 13.2 Å². The Kier molecular flexibility index (Phi) is 5.07. The van der Waals surface area contributed by atoms with Crippen molar-refractivity contribution in [2.75, 3.05) is 0 Å². The van der Waals surface area contributed by atoms with Gasteiger partial charge in [-0.3, -0.25) is 0 Å². The van der Waals surface area contributed by atoms with Crippen LogP contribution in [0, 0.1) is 17.5 Å². The van der Waals surface area contributed by atoms with E-state index >= 15 is 0 Å². The summed E-state index contributed by atoms with van der Waals surface area (Å²) in [5.74, 6) is -4.15. The normalized spacial score (nSPS) is 14.3. The molecular formula is C9H11ClF3NO. The van der Waals surface area contributed by atoms with Gasteiger partial charge in [0.2, 0.25) is 0 Å². The van der Waals surface area contributed by atoms with Crippen LogP contribution in [0.15, 0.2) is 12.1 Å². The van der Waals surface area contributed by atoms with Gasteiger partial charge in [-0.2, -0.15) is 0 Å². The Balaban J connectivity index is 0.00000196. The van der Waals surface area contributed by atoms with Gasteiger partial charge in [0, 0.05) is 0 Å². The van der Waals surface area contributed by atoms with Crippen LogP contribution >= 0.6 is 12.4 Å². The zero-order chi connectivity index (χ0) is 10.9. The first-order chi connectivity index (χ1) is 6.43. The minimum atomic E-state index is -1.54. The molecule has 15 heavy (non-hydrogen) atoms. The second kappa shape index (κ2) is 5.34. The average Bonchev–Trinajstić information content (AvgIpc) is 2.12. The van der Waals surface area contributed by atoms with Crippen molar-refractivity contribution in [3.8, 4) is 0 Å². The Labute approximate surface area is 91.3 Å². The lowest BCUT2D eigenvalue weighted by Gasteiger charge is -2.15. The van der Waals surface area contributed by atoms with Crippen molar-refractivity contribution < 1.29 is 18.3 Å². The van der Waals surface area contributed by atoms with Gasteiger partial charge in [-0.05, 0) is 24.6 Å². The van der Waals surface area contributed by atoms with Gasteiger partial charge in [0.15, 0.2) is 17.5 Å². The molecule has 0 heterocycles. The quantitative estimate of drug-likeness (QED) is 0.777. The van der Waals surface area contributed by atoms with Gasteiger partial charge in [-0.15, -0.1) is 12.4 Å². The number of hydrogen-bond acceptors (Lipinski definition) is 2. The van der Waals surface area contributed by atoms with Gasteiger partial charge < -0.3 is 10.8 Å². The third-order valence-electron chi connectivity index (χ3n) is 1.91. The van der Waals surface area contributed by atoms with Gasteiger partial charge in [0.05, 0.1) is 12.1 Å². The van der Waals surface area contributed by atoms with Gasteiger partial charge in [0.1, 0.15) is 0 Å². The molecule has 0 spiro atoms. The molecule has 1 rings (SSSR count). The van der Waals surface area contributed by atoms with E-state index in [2.05, 4.69) is 0 Å². The SMILES string of the molecule is CC(O)C(N)c1cc(F)c(F)c(F)c1.Cl. The number of halogens is 4. The number of aliphatic hydroxyl groups is 1. The summed E-state index contributed by atoms with van der Waals surface area (Å²) < 4.78 is 37.9. The number of benzene rings is 1. The summed E-state index contributed by atoms with van der Waals surface area (Å²) in [6.45, 7) is 1.38. The van der Waals surface area contributed by atoms with E-state index in [9.17, 15) is 13.2 Å². The van der Waals surface area contributed by atoms with Crippen molar-refractivity contribution >= 4 is 12.4 Å². The molecule has 1 aromatic carbocycles. The Hall–Kier alpha value is -0.780. The third-order valence-corrected chi connectivity index (χ3v) is 1.91. The van der Waals surface area contributed by atoms with Gasteiger partial charge in [0.25, 0.3) is 0 Å². The highest BCUT2D eigenvalue weighted by molar-refractivity contribution is 5.85. The van der Waals surface area contributed by atoms with E-state index in [1.54, 1.807) is 0 Å². The zero-order valence-electron chi connectivity index (χ0n) is 7.88. The molecule has 0 bridgehead atoms. The van der Waals surface area contributed by atoms with E-state index in [1.165, 1.54) is 6.92 Å². The number of rotatable bonds is 2. The lowest BCUT2D eigenvalue weighted by atomic mass is 10.0. The minimum absolute atomic E-state index is 0. The molecule has 1 aromatic rings. The van der Waals surface area contributed by atoms with E-state index in [0.29, 0.717) is 0 Å². The molecule has 0 amide bonds. The monoisotopic (exact) mass is 241 g/mol. The number of hydrogen-bond donors (Lipinski definition) is 2. The summed E-state index contributed by atoms with van der Waals surface area (Å²) in [6.07, 6.45) is -0.959. The molecule has 0 saturated heterocycles. The second-order valence-corrected chi connectivity index (χ2v) is 3.06. The maximum Gasteiger partial charge on any atom is 0.194 e. The highest BCUT2D eigenvalue weighted by atomic mass is 35.5. The Morgan fingerprint density at radius 2 is 1.60 bits per heavy atom. The van der Waals surface area contributed by atoms with Crippen LogP contribution in [0.1, 0.15) is 18.5 Å². The van der Waals surface area contributed by atoms with Crippen molar-refractivity contribution in [1.29, 1.82) is 0 Å². The molecule has 0 radical (unpaired) electrons. The fourth-order valence-corrected chi connectivity index (χ4v) is 1.05. The first kappa shape index (κ1) is 14.2. The summed E-state index contributed by atoms with van der Waals surface area (Å²) in [7, 11) is 0. The second-order valence-electron chi connectivity index (χ2n) is 3.06. The Morgan fingerprint density at radius 3 is 1.93 bits per heavy atom. The molecule has 2 atom stereocenters. The highest BCUT2D eigenvalue weighted by Gasteiger charge is 2.17. The van der Waals surface area contributed by atoms with Crippen LogP contribution in [0.3, 0.4) is 0 Å². The molecule has 2 unspecified atom stereocenters. The average molecular weight is 242 g/mol. The predicted octanol–water partition coefficient (Wildman–Crippen LogP) is 1.91. The first-order valence-electron chi connectivity index (χ1n) is 4.01. The highest BCUT2D eigenvalue weighted by Crippen LogP contribution is 2.19. The fourth-order valence-electron chi connectivity index (χ4n) is 1.05. The number of nitrogens with two attached hydrogens (primary N) is 1. The summed E-state index contributed by atoms with van der Waals surface area (Å²) in [5, 5.41) is 9.06. The molecule has 0 fully saturated rings. The van der Waals surface area contributed by atoms with Crippen LogP contribution in [0.25, 0.3) is 0 Å². The van der Waals surface area contributed by atoms with Crippen LogP contribution in [0.2, 0.25) is 0 Å². The van der Waals surface area contributed by atoms with Gasteiger partial charge in [-0.1, -0.05) is 0 Å². The molecule has 0 aliphatic carbocycles. The largest absolute Gasteiger partial charge is 0.391 e. The molecule has 2 nitrogen and oxygen atoms in total. The van der Waals surface area contributed by atoms with Gasteiger partial charge >= 0.3 is 0 Å². The molecular weight excluding hydrogens is 231 g/mol. The summed E-state index contributed by atoms with van der Waals surface area (Å²) in [5.41, 5.74) is 5.44. The molecule has 0 aliphatic rings. The predicted molar refractivity (Wildman–Crippen MR) is 52.2 cm³/mol. The Morgan fingerprint density at radius 1 is 1.20 bits per heavy atom. The lowest BCUT2D eigenvalue weighted by molar-refractivity contribution is 0.164. The van der Waals surface area contributed by atoms with Crippen LogP contribution < -0.4 is 5.73 Å². The zero-order valence-corrected chi connectivity index (χ0v) is 8.69. The maximum atomic E-state index is 12.7. The smallest absolute Gasteiger partial charge is 0.194 e. The van der Waals surface area contributed by atoms with Crippen molar-refractivity contribution in [2.24, 2.45) is 5.73 Å². The third kappa shape index (κ3) is 3.09. The standard InChI is InChI=1S/C9H10F3NO.ClH/c1-4(14)9(13)5-2-6(10)8(12)7(11)3-5;/h2-4,9,14H,13H2,1H3;1H. The lowest BCUT2D eigenvalue weighted by Crippen LogP contribution is -2.23. The van der Waals surface area contributed by atoms with E-state index in [0.717, 1.165) is 12.1 Å². The molecule has 0 saturated carbocycles. The van der Waals surface area contributed by atoms with Crippen molar-refractivity contribution in [2.45, 2.75) is 19.1 Å². The van der Waals surface area contributed by atoms with Crippen LogP contribution in [0.4, 0.5) is 13.2 Å². The van der Waals surface area contributed by atoms with Crippen LogP contribution in [-0.4, -0.2) is 11.2 Å².